The molecule has 82 valence electrons. The summed E-state index contributed by atoms with van der Waals surface area (Å²) in [6.45, 7) is -0.411. The van der Waals surface area contributed by atoms with Crippen molar-refractivity contribution < 1.29 is 8.78 Å². The van der Waals surface area contributed by atoms with Crippen molar-refractivity contribution in [2.24, 2.45) is 5.73 Å². The lowest BCUT2D eigenvalue weighted by Gasteiger charge is -2.20. The van der Waals surface area contributed by atoms with Gasteiger partial charge in [0.2, 0.25) is 0 Å². The van der Waals surface area contributed by atoms with Crippen molar-refractivity contribution in [2.45, 2.75) is 6.43 Å². The van der Waals surface area contributed by atoms with E-state index in [0.29, 0.717) is 11.3 Å². The summed E-state index contributed by atoms with van der Waals surface area (Å²) < 4.78 is 24.3. The van der Waals surface area contributed by atoms with Crippen LogP contribution in [0.25, 0.3) is 0 Å². The first kappa shape index (κ1) is 11.4. The standard InChI is InChI=1S/C9H12F2N4/c1-15(5-8(10)11)7-4-14-3-2-6(7)9(12)13/h2-4,8H,5H2,1H3,(H3,12,13). The highest BCUT2D eigenvalue weighted by molar-refractivity contribution is 6.00. The Morgan fingerprint density at radius 3 is 2.87 bits per heavy atom. The molecule has 0 aromatic carbocycles. The summed E-state index contributed by atoms with van der Waals surface area (Å²) in [7, 11) is 1.51. The van der Waals surface area contributed by atoms with E-state index in [0.717, 1.165) is 0 Å². The fraction of sp³-hybridized carbons (Fsp3) is 0.333. The minimum absolute atomic E-state index is 0.159. The smallest absolute Gasteiger partial charge is 0.255 e. The van der Waals surface area contributed by atoms with Gasteiger partial charge in [0.1, 0.15) is 5.84 Å². The van der Waals surface area contributed by atoms with E-state index >= 15 is 0 Å². The van der Waals surface area contributed by atoms with Crippen LogP contribution in [0.3, 0.4) is 0 Å². The normalized spacial score (nSPS) is 10.4. The average molecular weight is 214 g/mol. The van der Waals surface area contributed by atoms with Crippen molar-refractivity contribution in [3.63, 3.8) is 0 Å². The fourth-order valence-electron chi connectivity index (χ4n) is 1.22. The van der Waals surface area contributed by atoms with E-state index in [1.807, 2.05) is 0 Å². The minimum Gasteiger partial charge on any atom is -0.384 e. The predicted molar refractivity (Wildman–Crippen MR) is 54.5 cm³/mol. The molecule has 0 bridgehead atoms. The second-order valence-electron chi connectivity index (χ2n) is 3.08. The number of nitrogens with zero attached hydrogens (tertiary/aromatic N) is 2. The summed E-state index contributed by atoms with van der Waals surface area (Å²) >= 11 is 0. The van der Waals surface area contributed by atoms with Crippen LogP contribution in [-0.4, -0.2) is 30.8 Å². The molecule has 0 radical (unpaired) electrons. The van der Waals surface area contributed by atoms with Crippen LogP contribution in [0, 0.1) is 5.41 Å². The predicted octanol–water partition coefficient (Wildman–Crippen LogP) is 1.07. The SMILES string of the molecule is CN(CC(F)F)c1cnccc1C(=N)N. The highest BCUT2D eigenvalue weighted by Crippen LogP contribution is 2.17. The number of amidine groups is 1. The third-order valence-corrected chi connectivity index (χ3v) is 1.91. The number of aromatic nitrogens is 1. The number of hydrogen-bond donors (Lipinski definition) is 2. The molecule has 1 aromatic heterocycles. The molecule has 1 aromatic rings. The van der Waals surface area contributed by atoms with Crippen LogP contribution in [0.15, 0.2) is 18.5 Å². The molecule has 0 aliphatic carbocycles. The third kappa shape index (κ3) is 2.87. The van der Waals surface area contributed by atoms with Crippen LogP contribution in [0.2, 0.25) is 0 Å². The summed E-state index contributed by atoms with van der Waals surface area (Å²) in [6, 6.07) is 1.53. The van der Waals surface area contributed by atoms with Gasteiger partial charge in [-0.05, 0) is 6.07 Å². The molecule has 0 aliphatic heterocycles. The lowest BCUT2D eigenvalue weighted by molar-refractivity contribution is 0.156. The van der Waals surface area contributed by atoms with Gasteiger partial charge >= 0.3 is 0 Å². The highest BCUT2D eigenvalue weighted by Gasteiger charge is 2.13. The van der Waals surface area contributed by atoms with E-state index in [1.54, 1.807) is 0 Å². The maximum Gasteiger partial charge on any atom is 0.255 e. The lowest BCUT2D eigenvalue weighted by atomic mass is 10.2. The number of halogens is 2. The zero-order chi connectivity index (χ0) is 11.4. The number of hydrogen-bond acceptors (Lipinski definition) is 3. The van der Waals surface area contributed by atoms with Gasteiger partial charge in [-0.25, -0.2) is 8.78 Å². The Bertz CT molecular complexity index is 354. The lowest BCUT2D eigenvalue weighted by Crippen LogP contribution is -2.27. The molecule has 0 aliphatic rings. The maximum absolute atomic E-state index is 12.2. The fourth-order valence-corrected chi connectivity index (χ4v) is 1.22. The third-order valence-electron chi connectivity index (χ3n) is 1.91. The number of pyridine rings is 1. The molecule has 0 saturated carbocycles. The van der Waals surface area contributed by atoms with Crippen molar-refractivity contribution in [2.75, 3.05) is 18.5 Å². The van der Waals surface area contributed by atoms with Gasteiger partial charge in [0.25, 0.3) is 6.43 Å². The van der Waals surface area contributed by atoms with Crippen molar-refractivity contribution in [3.8, 4) is 0 Å². The average Bonchev–Trinajstić information content (AvgIpc) is 2.16. The Hall–Kier alpha value is -1.72. The highest BCUT2D eigenvalue weighted by atomic mass is 19.3. The second-order valence-corrected chi connectivity index (χ2v) is 3.08. The van der Waals surface area contributed by atoms with Gasteiger partial charge in [0.15, 0.2) is 0 Å². The van der Waals surface area contributed by atoms with Crippen LogP contribution in [0.1, 0.15) is 5.56 Å². The molecule has 6 heteroatoms. The second kappa shape index (κ2) is 4.68. The number of nitrogens with two attached hydrogens (primary N) is 1. The van der Waals surface area contributed by atoms with E-state index in [1.165, 1.54) is 30.4 Å². The molecular formula is C9H12F2N4. The molecule has 15 heavy (non-hydrogen) atoms. The zero-order valence-corrected chi connectivity index (χ0v) is 8.24. The number of alkyl halides is 2. The maximum atomic E-state index is 12.2. The van der Waals surface area contributed by atoms with Gasteiger partial charge in [0, 0.05) is 18.8 Å². The molecule has 4 nitrogen and oxygen atoms in total. The van der Waals surface area contributed by atoms with Gasteiger partial charge in [-0.15, -0.1) is 0 Å². The molecule has 0 amide bonds. The van der Waals surface area contributed by atoms with Crippen LogP contribution in [0.4, 0.5) is 14.5 Å². The van der Waals surface area contributed by atoms with Gasteiger partial charge in [-0.2, -0.15) is 0 Å². The number of nitrogens with one attached hydrogen (secondary N) is 1. The molecule has 0 saturated heterocycles. The van der Waals surface area contributed by atoms with E-state index in [4.69, 9.17) is 11.1 Å². The van der Waals surface area contributed by atoms with Crippen LogP contribution >= 0.6 is 0 Å². The van der Waals surface area contributed by atoms with E-state index in [9.17, 15) is 8.78 Å². The Balaban J connectivity index is 2.97. The van der Waals surface area contributed by atoms with Crippen LogP contribution in [0.5, 0.6) is 0 Å². The largest absolute Gasteiger partial charge is 0.384 e. The molecule has 1 rings (SSSR count). The minimum atomic E-state index is -2.44. The molecule has 1 heterocycles. The van der Waals surface area contributed by atoms with E-state index < -0.39 is 13.0 Å². The summed E-state index contributed by atoms with van der Waals surface area (Å²) in [5.41, 5.74) is 6.17. The van der Waals surface area contributed by atoms with E-state index in [2.05, 4.69) is 4.98 Å². The quantitative estimate of drug-likeness (QED) is 0.582. The molecule has 0 fully saturated rings. The van der Waals surface area contributed by atoms with Gasteiger partial charge < -0.3 is 10.6 Å². The Labute approximate surface area is 86.2 Å². The van der Waals surface area contributed by atoms with Gasteiger partial charge in [-0.3, -0.25) is 10.4 Å². The first-order chi connectivity index (χ1) is 7.02. The summed E-state index contributed by atoms with van der Waals surface area (Å²) in [5.74, 6) is -0.159. The molecule has 0 atom stereocenters. The van der Waals surface area contributed by atoms with E-state index in [-0.39, 0.29) is 5.84 Å². The first-order valence-corrected chi connectivity index (χ1v) is 4.30. The number of nitrogen functional groups attached to an aromatic ring is 1. The Morgan fingerprint density at radius 2 is 2.33 bits per heavy atom. The zero-order valence-electron chi connectivity index (χ0n) is 8.24. The van der Waals surface area contributed by atoms with Crippen molar-refractivity contribution in [3.05, 3.63) is 24.0 Å². The number of rotatable bonds is 4. The monoisotopic (exact) mass is 214 g/mol. The van der Waals surface area contributed by atoms with Gasteiger partial charge in [-0.1, -0.05) is 0 Å². The van der Waals surface area contributed by atoms with Crippen LogP contribution < -0.4 is 10.6 Å². The summed E-state index contributed by atoms with van der Waals surface area (Å²) in [6.07, 6.45) is 0.449. The molecule has 3 N–H and O–H groups in total. The van der Waals surface area contributed by atoms with Crippen molar-refractivity contribution in [1.29, 1.82) is 5.41 Å². The number of anilines is 1. The first-order valence-electron chi connectivity index (χ1n) is 4.30. The Morgan fingerprint density at radius 1 is 1.67 bits per heavy atom. The van der Waals surface area contributed by atoms with Crippen molar-refractivity contribution >= 4 is 11.5 Å². The topological polar surface area (TPSA) is 66.0 Å². The summed E-state index contributed by atoms with van der Waals surface area (Å²) in [5, 5.41) is 7.29. The van der Waals surface area contributed by atoms with Crippen molar-refractivity contribution in [1.82, 2.24) is 4.98 Å². The van der Waals surface area contributed by atoms with Gasteiger partial charge in [0.05, 0.1) is 18.4 Å². The molecule has 0 unspecified atom stereocenters. The molecular weight excluding hydrogens is 202 g/mol. The Kier molecular flexibility index (Phi) is 3.54. The van der Waals surface area contributed by atoms with Crippen LogP contribution in [-0.2, 0) is 0 Å². The summed E-state index contributed by atoms with van der Waals surface area (Å²) in [4.78, 5) is 5.15. The molecule has 0 spiro atoms.